The molecule has 0 bridgehead atoms. The van der Waals surface area contributed by atoms with Crippen LogP contribution >= 0.6 is 0 Å². The summed E-state index contributed by atoms with van der Waals surface area (Å²) in [5.74, 6) is -1.02. The Hall–Kier alpha value is -1.84. The Labute approximate surface area is 112 Å². The fourth-order valence-corrected chi connectivity index (χ4v) is 3.30. The highest BCUT2D eigenvalue weighted by atomic mass is 16.4. The summed E-state index contributed by atoms with van der Waals surface area (Å²) in [6.07, 6.45) is 3.09. The first-order chi connectivity index (χ1) is 9.18. The van der Waals surface area contributed by atoms with Crippen molar-refractivity contribution >= 4 is 11.9 Å². The summed E-state index contributed by atoms with van der Waals surface area (Å²) in [7, 11) is 0. The summed E-state index contributed by atoms with van der Waals surface area (Å²) >= 11 is 0. The van der Waals surface area contributed by atoms with Crippen LogP contribution in [0.1, 0.15) is 36.3 Å². The molecule has 1 aliphatic carbocycles. The molecule has 1 aliphatic heterocycles. The van der Waals surface area contributed by atoms with Crippen LogP contribution in [0, 0.1) is 0 Å². The number of carboxylic acids is 1. The van der Waals surface area contributed by atoms with E-state index in [9.17, 15) is 14.7 Å². The van der Waals surface area contributed by atoms with Gasteiger partial charge in [0, 0.05) is 6.54 Å². The molecule has 1 amide bonds. The number of nitrogens with zero attached hydrogens (tertiary/aromatic N) is 1. The molecule has 0 spiro atoms. The van der Waals surface area contributed by atoms with Gasteiger partial charge in [-0.2, -0.15) is 0 Å². The van der Waals surface area contributed by atoms with E-state index >= 15 is 0 Å². The second kappa shape index (κ2) is 4.68. The number of carboxylic acid groups (broad SMARTS) is 1. The first-order valence-corrected chi connectivity index (χ1v) is 6.79. The maximum Gasteiger partial charge on any atom is 0.326 e. The lowest BCUT2D eigenvalue weighted by molar-refractivity contribution is -0.148. The standard InChI is InChI=1S/C15H17NO3/c17-14(16-9-3-6-13(16)15(18)19)12-8-7-10-4-1-2-5-11(10)12/h1-2,4-5,12-13H,3,6-9H2,(H,18,19)/t12?,13-/m1/s1. The van der Waals surface area contributed by atoms with Crippen molar-refractivity contribution in [3.8, 4) is 0 Å². The van der Waals surface area contributed by atoms with Crippen LogP contribution in [0.25, 0.3) is 0 Å². The van der Waals surface area contributed by atoms with Gasteiger partial charge in [-0.05, 0) is 36.8 Å². The Morgan fingerprint density at radius 1 is 1.21 bits per heavy atom. The third kappa shape index (κ3) is 2.01. The van der Waals surface area contributed by atoms with Crippen molar-refractivity contribution in [3.05, 3.63) is 35.4 Å². The fraction of sp³-hybridized carbons (Fsp3) is 0.467. The van der Waals surface area contributed by atoms with Gasteiger partial charge in [0.1, 0.15) is 6.04 Å². The zero-order valence-electron chi connectivity index (χ0n) is 10.7. The Kier molecular flexibility index (Phi) is 3.01. The third-order valence-corrected chi connectivity index (χ3v) is 4.25. The topological polar surface area (TPSA) is 57.6 Å². The smallest absolute Gasteiger partial charge is 0.326 e. The number of carbonyl (C=O) groups is 2. The number of aliphatic carboxylic acids is 1. The van der Waals surface area contributed by atoms with Crippen LogP contribution in [-0.2, 0) is 16.0 Å². The second-order valence-corrected chi connectivity index (χ2v) is 5.32. The van der Waals surface area contributed by atoms with Crippen LogP contribution < -0.4 is 0 Å². The Morgan fingerprint density at radius 3 is 2.79 bits per heavy atom. The Morgan fingerprint density at radius 2 is 2.00 bits per heavy atom. The van der Waals surface area contributed by atoms with Crippen molar-refractivity contribution in [1.29, 1.82) is 0 Å². The molecule has 1 fully saturated rings. The third-order valence-electron chi connectivity index (χ3n) is 4.25. The fourth-order valence-electron chi connectivity index (χ4n) is 3.30. The maximum absolute atomic E-state index is 12.6. The van der Waals surface area contributed by atoms with Gasteiger partial charge in [0.25, 0.3) is 0 Å². The van der Waals surface area contributed by atoms with E-state index in [1.54, 1.807) is 4.90 Å². The number of carbonyl (C=O) groups excluding carboxylic acids is 1. The van der Waals surface area contributed by atoms with Crippen molar-refractivity contribution in [3.63, 3.8) is 0 Å². The van der Waals surface area contributed by atoms with E-state index in [2.05, 4.69) is 6.07 Å². The molecule has 1 aromatic carbocycles. The number of benzene rings is 1. The van der Waals surface area contributed by atoms with Crippen molar-refractivity contribution in [2.45, 2.75) is 37.6 Å². The molecule has 100 valence electrons. The van der Waals surface area contributed by atoms with Crippen LogP contribution in [-0.4, -0.2) is 34.5 Å². The van der Waals surface area contributed by atoms with Crippen LogP contribution in [0.3, 0.4) is 0 Å². The van der Waals surface area contributed by atoms with E-state index in [-0.39, 0.29) is 11.8 Å². The number of likely N-dealkylation sites (tertiary alicyclic amines) is 1. The van der Waals surface area contributed by atoms with Gasteiger partial charge in [0.05, 0.1) is 5.92 Å². The van der Waals surface area contributed by atoms with Crippen molar-refractivity contribution in [2.24, 2.45) is 0 Å². The molecule has 1 unspecified atom stereocenters. The zero-order valence-corrected chi connectivity index (χ0v) is 10.7. The average Bonchev–Trinajstić information content (AvgIpc) is 3.05. The molecule has 0 saturated carbocycles. The number of aryl methyl sites for hydroxylation is 1. The highest BCUT2D eigenvalue weighted by molar-refractivity contribution is 5.89. The molecular formula is C15H17NO3. The monoisotopic (exact) mass is 259 g/mol. The minimum absolute atomic E-state index is 0.00477. The van der Waals surface area contributed by atoms with E-state index in [1.165, 1.54) is 5.56 Å². The van der Waals surface area contributed by atoms with Crippen molar-refractivity contribution in [1.82, 2.24) is 4.90 Å². The van der Waals surface area contributed by atoms with Gasteiger partial charge < -0.3 is 10.0 Å². The molecule has 4 nitrogen and oxygen atoms in total. The molecule has 3 rings (SSSR count). The highest BCUT2D eigenvalue weighted by Crippen LogP contribution is 2.35. The lowest BCUT2D eigenvalue weighted by atomic mass is 9.99. The predicted molar refractivity (Wildman–Crippen MR) is 69.9 cm³/mol. The number of fused-ring (bicyclic) bond motifs is 1. The highest BCUT2D eigenvalue weighted by Gasteiger charge is 2.39. The van der Waals surface area contributed by atoms with Gasteiger partial charge in [0.2, 0.25) is 5.91 Å². The van der Waals surface area contributed by atoms with Gasteiger partial charge >= 0.3 is 5.97 Å². The quantitative estimate of drug-likeness (QED) is 0.881. The Bertz CT molecular complexity index is 526. The molecule has 2 atom stereocenters. The number of hydrogen-bond donors (Lipinski definition) is 1. The summed E-state index contributed by atoms with van der Waals surface area (Å²) in [5.41, 5.74) is 2.32. The second-order valence-electron chi connectivity index (χ2n) is 5.32. The molecule has 1 saturated heterocycles. The molecule has 2 aliphatic rings. The first-order valence-electron chi connectivity index (χ1n) is 6.79. The number of amides is 1. The normalized spacial score (nSPS) is 25.4. The van der Waals surface area contributed by atoms with Crippen molar-refractivity contribution < 1.29 is 14.7 Å². The zero-order chi connectivity index (χ0) is 13.4. The largest absolute Gasteiger partial charge is 0.480 e. The van der Waals surface area contributed by atoms with E-state index in [0.29, 0.717) is 13.0 Å². The summed E-state index contributed by atoms with van der Waals surface area (Å²) in [5, 5.41) is 9.18. The van der Waals surface area contributed by atoms with Crippen LogP contribution in [0.4, 0.5) is 0 Å². The predicted octanol–water partition coefficient (Wildman–Crippen LogP) is 1.79. The van der Waals surface area contributed by atoms with Gasteiger partial charge in [-0.15, -0.1) is 0 Å². The van der Waals surface area contributed by atoms with E-state index in [1.807, 2.05) is 18.2 Å². The van der Waals surface area contributed by atoms with Crippen LogP contribution in [0.15, 0.2) is 24.3 Å². The number of rotatable bonds is 2. The molecular weight excluding hydrogens is 242 g/mol. The van der Waals surface area contributed by atoms with Gasteiger partial charge in [-0.3, -0.25) is 4.79 Å². The SMILES string of the molecule is O=C(O)[C@H]1CCCN1C(=O)C1CCc2ccccc21. The summed E-state index contributed by atoms with van der Waals surface area (Å²) in [4.78, 5) is 25.3. The maximum atomic E-state index is 12.6. The van der Waals surface area contributed by atoms with Gasteiger partial charge in [-0.25, -0.2) is 4.79 Å². The molecule has 1 aromatic rings. The molecule has 0 aromatic heterocycles. The van der Waals surface area contributed by atoms with Gasteiger partial charge in [-0.1, -0.05) is 24.3 Å². The Balaban J connectivity index is 1.84. The van der Waals surface area contributed by atoms with Crippen molar-refractivity contribution in [2.75, 3.05) is 6.54 Å². The summed E-state index contributed by atoms with van der Waals surface area (Å²) in [6.45, 7) is 0.578. The van der Waals surface area contributed by atoms with Crippen LogP contribution in [0.2, 0.25) is 0 Å². The van der Waals surface area contributed by atoms with Gasteiger partial charge in [0.15, 0.2) is 0 Å². The molecule has 1 N–H and O–H groups in total. The molecule has 1 heterocycles. The summed E-state index contributed by atoms with van der Waals surface area (Å²) < 4.78 is 0. The van der Waals surface area contributed by atoms with E-state index in [0.717, 1.165) is 24.8 Å². The molecule has 4 heteroatoms. The van der Waals surface area contributed by atoms with E-state index in [4.69, 9.17) is 0 Å². The molecule has 0 radical (unpaired) electrons. The summed E-state index contributed by atoms with van der Waals surface area (Å²) in [6, 6.07) is 7.36. The lowest BCUT2D eigenvalue weighted by Crippen LogP contribution is -2.42. The minimum atomic E-state index is -0.878. The average molecular weight is 259 g/mol. The van der Waals surface area contributed by atoms with Crippen LogP contribution in [0.5, 0.6) is 0 Å². The number of hydrogen-bond acceptors (Lipinski definition) is 2. The lowest BCUT2D eigenvalue weighted by Gasteiger charge is -2.25. The minimum Gasteiger partial charge on any atom is -0.480 e. The first kappa shape index (κ1) is 12.2. The van der Waals surface area contributed by atoms with E-state index < -0.39 is 12.0 Å². The molecule has 19 heavy (non-hydrogen) atoms.